The van der Waals surface area contributed by atoms with Crippen molar-refractivity contribution in [3.05, 3.63) is 35.4 Å². The van der Waals surface area contributed by atoms with Gasteiger partial charge in [-0.2, -0.15) is 0 Å². The second kappa shape index (κ2) is 8.48. The summed E-state index contributed by atoms with van der Waals surface area (Å²) in [5, 5.41) is 12.6. The highest BCUT2D eigenvalue weighted by molar-refractivity contribution is 6.01. The predicted octanol–water partition coefficient (Wildman–Crippen LogP) is 2.58. The summed E-state index contributed by atoms with van der Waals surface area (Å²) in [6, 6.07) is 6.71. The van der Waals surface area contributed by atoms with Crippen molar-refractivity contribution >= 4 is 11.8 Å². The Kier molecular flexibility index (Phi) is 6.59. The topological polar surface area (TPSA) is 69.6 Å². The van der Waals surface area contributed by atoms with E-state index in [4.69, 9.17) is 0 Å². The number of fused-ring (bicyclic) bond motifs is 1. The van der Waals surface area contributed by atoms with Gasteiger partial charge in [-0.3, -0.25) is 9.59 Å². The summed E-state index contributed by atoms with van der Waals surface area (Å²) in [6.07, 6.45) is 1.67. The molecule has 0 saturated heterocycles. The van der Waals surface area contributed by atoms with Crippen LogP contribution in [0.15, 0.2) is 24.3 Å². The highest BCUT2D eigenvalue weighted by atomic mass is 16.3. The van der Waals surface area contributed by atoms with E-state index < -0.39 is 6.04 Å². The molecular formula is C20H30N2O3. The van der Waals surface area contributed by atoms with Crippen molar-refractivity contribution in [1.29, 1.82) is 0 Å². The Morgan fingerprint density at radius 1 is 1.20 bits per heavy atom. The van der Waals surface area contributed by atoms with E-state index in [1.165, 1.54) is 0 Å². The van der Waals surface area contributed by atoms with E-state index in [9.17, 15) is 14.7 Å². The number of nitrogens with one attached hydrogen (secondary N) is 1. The van der Waals surface area contributed by atoms with Gasteiger partial charge in [-0.25, -0.2) is 0 Å². The molecule has 25 heavy (non-hydrogen) atoms. The molecule has 1 heterocycles. The molecule has 4 atom stereocenters. The van der Waals surface area contributed by atoms with Gasteiger partial charge in [0.2, 0.25) is 5.91 Å². The lowest BCUT2D eigenvalue weighted by Crippen LogP contribution is -2.54. The molecule has 5 nitrogen and oxygen atoms in total. The number of rotatable bonds is 8. The molecule has 1 aliphatic heterocycles. The fourth-order valence-electron chi connectivity index (χ4n) is 3.35. The second-order valence-electron chi connectivity index (χ2n) is 7.10. The molecular weight excluding hydrogens is 316 g/mol. The van der Waals surface area contributed by atoms with Gasteiger partial charge in [0.15, 0.2) is 0 Å². The van der Waals surface area contributed by atoms with E-state index in [2.05, 4.69) is 5.32 Å². The van der Waals surface area contributed by atoms with E-state index in [0.717, 1.165) is 18.4 Å². The van der Waals surface area contributed by atoms with Crippen molar-refractivity contribution in [2.45, 2.75) is 59.2 Å². The maximum absolute atomic E-state index is 13.0. The zero-order valence-electron chi connectivity index (χ0n) is 15.7. The van der Waals surface area contributed by atoms with Crippen LogP contribution >= 0.6 is 0 Å². The molecule has 0 saturated carbocycles. The number of nitrogens with zero attached hydrogens (tertiary/aromatic N) is 1. The van der Waals surface area contributed by atoms with Crippen LogP contribution in [0.1, 0.15) is 56.5 Å². The molecule has 4 unspecified atom stereocenters. The van der Waals surface area contributed by atoms with Crippen LogP contribution in [0.25, 0.3) is 0 Å². The fourth-order valence-corrected chi connectivity index (χ4v) is 3.35. The van der Waals surface area contributed by atoms with Crippen LogP contribution in [0.4, 0.5) is 0 Å². The number of aliphatic hydroxyl groups excluding tert-OH is 1. The molecule has 5 heteroatoms. The van der Waals surface area contributed by atoms with E-state index in [0.29, 0.717) is 12.1 Å². The Hall–Kier alpha value is -1.88. The highest BCUT2D eigenvalue weighted by Gasteiger charge is 2.39. The Labute approximate surface area is 150 Å². The third-order valence-corrected chi connectivity index (χ3v) is 5.49. The monoisotopic (exact) mass is 346 g/mol. The van der Waals surface area contributed by atoms with Crippen molar-refractivity contribution in [2.75, 3.05) is 6.61 Å². The van der Waals surface area contributed by atoms with E-state index in [1.807, 2.05) is 52.0 Å². The van der Waals surface area contributed by atoms with Crippen molar-refractivity contribution in [2.24, 2.45) is 11.8 Å². The van der Waals surface area contributed by atoms with Gasteiger partial charge in [0.05, 0.1) is 12.6 Å². The van der Waals surface area contributed by atoms with Crippen LogP contribution in [0.3, 0.4) is 0 Å². The summed E-state index contributed by atoms with van der Waals surface area (Å²) in [6.45, 7) is 8.43. The summed E-state index contributed by atoms with van der Waals surface area (Å²) in [5.41, 5.74) is 1.65. The standard InChI is InChI=1S/C20H30N2O3/c1-5-13(3)17(12-23)21-19(24)18(14(4)6-2)22-11-15-9-7-8-10-16(15)20(22)25/h7-10,13-14,17-18,23H,5-6,11-12H2,1-4H3,(H,21,24). The summed E-state index contributed by atoms with van der Waals surface area (Å²) in [7, 11) is 0. The number of amides is 2. The Morgan fingerprint density at radius 2 is 1.84 bits per heavy atom. The zero-order valence-corrected chi connectivity index (χ0v) is 15.7. The van der Waals surface area contributed by atoms with E-state index in [-0.39, 0.29) is 36.3 Å². The lowest BCUT2D eigenvalue weighted by Gasteiger charge is -2.33. The van der Waals surface area contributed by atoms with Crippen LogP contribution in [-0.2, 0) is 11.3 Å². The maximum Gasteiger partial charge on any atom is 0.255 e. The van der Waals surface area contributed by atoms with Crippen molar-refractivity contribution in [1.82, 2.24) is 10.2 Å². The van der Waals surface area contributed by atoms with Crippen LogP contribution < -0.4 is 5.32 Å². The van der Waals surface area contributed by atoms with Gasteiger partial charge >= 0.3 is 0 Å². The summed E-state index contributed by atoms with van der Waals surface area (Å²) < 4.78 is 0. The normalized spacial score (nSPS) is 18.4. The van der Waals surface area contributed by atoms with Gasteiger partial charge in [-0.05, 0) is 23.5 Å². The number of hydrogen-bond donors (Lipinski definition) is 2. The smallest absolute Gasteiger partial charge is 0.255 e. The maximum atomic E-state index is 13.0. The number of hydrogen-bond acceptors (Lipinski definition) is 3. The minimum Gasteiger partial charge on any atom is -0.394 e. The van der Waals surface area contributed by atoms with Crippen molar-refractivity contribution < 1.29 is 14.7 Å². The molecule has 1 aromatic rings. The van der Waals surface area contributed by atoms with Gasteiger partial charge in [-0.15, -0.1) is 0 Å². The molecule has 2 amide bonds. The lowest BCUT2D eigenvalue weighted by molar-refractivity contribution is -0.129. The van der Waals surface area contributed by atoms with Crippen LogP contribution in [-0.4, -0.2) is 40.5 Å². The van der Waals surface area contributed by atoms with Gasteiger partial charge < -0.3 is 15.3 Å². The molecule has 0 fully saturated rings. The third-order valence-electron chi connectivity index (χ3n) is 5.49. The van der Waals surface area contributed by atoms with Gasteiger partial charge in [-0.1, -0.05) is 58.7 Å². The molecule has 2 N–H and O–H groups in total. The molecule has 1 aromatic carbocycles. The largest absolute Gasteiger partial charge is 0.394 e. The molecule has 0 spiro atoms. The Bertz CT molecular complexity index is 617. The third kappa shape index (κ3) is 4.03. The number of carbonyl (C=O) groups excluding carboxylic acids is 2. The molecule has 0 bridgehead atoms. The minimum absolute atomic E-state index is 0.0366. The average Bonchev–Trinajstić information content (AvgIpc) is 2.95. The first-order chi connectivity index (χ1) is 11.9. The quantitative estimate of drug-likeness (QED) is 0.760. The first-order valence-electron chi connectivity index (χ1n) is 9.24. The van der Waals surface area contributed by atoms with Gasteiger partial charge in [0.1, 0.15) is 6.04 Å². The van der Waals surface area contributed by atoms with Gasteiger partial charge in [0.25, 0.3) is 5.91 Å². The molecule has 1 aliphatic rings. The Morgan fingerprint density at radius 3 is 2.40 bits per heavy atom. The summed E-state index contributed by atoms with van der Waals surface area (Å²) >= 11 is 0. The Balaban J connectivity index is 2.23. The molecule has 138 valence electrons. The number of aliphatic hydroxyl groups is 1. The van der Waals surface area contributed by atoms with Crippen LogP contribution in [0, 0.1) is 11.8 Å². The van der Waals surface area contributed by atoms with E-state index in [1.54, 1.807) is 4.90 Å². The van der Waals surface area contributed by atoms with Crippen LogP contribution in [0.5, 0.6) is 0 Å². The first kappa shape index (κ1) is 19.4. The van der Waals surface area contributed by atoms with Crippen LogP contribution in [0.2, 0.25) is 0 Å². The zero-order chi connectivity index (χ0) is 18.6. The molecule has 0 radical (unpaired) electrons. The van der Waals surface area contributed by atoms with Gasteiger partial charge in [0, 0.05) is 12.1 Å². The lowest BCUT2D eigenvalue weighted by atomic mass is 9.94. The highest BCUT2D eigenvalue weighted by Crippen LogP contribution is 2.28. The van der Waals surface area contributed by atoms with E-state index >= 15 is 0 Å². The predicted molar refractivity (Wildman–Crippen MR) is 98.0 cm³/mol. The number of benzene rings is 1. The van der Waals surface area contributed by atoms with Crippen molar-refractivity contribution in [3.8, 4) is 0 Å². The summed E-state index contributed by atoms with van der Waals surface area (Å²) in [4.78, 5) is 27.5. The fraction of sp³-hybridized carbons (Fsp3) is 0.600. The number of carbonyl (C=O) groups is 2. The first-order valence-corrected chi connectivity index (χ1v) is 9.24. The summed E-state index contributed by atoms with van der Waals surface area (Å²) in [5.74, 6) is -0.0393. The minimum atomic E-state index is -0.525. The van der Waals surface area contributed by atoms with Crippen molar-refractivity contribution in [3.63, 3.8) is 0 Å². The SMILES string of the molecule is CCC(C)C(CO)NC(=O)C(C(C)CC)N1Cc2ccccc2C1=O. The second-order valence-corrected chi connectivity index (χ2v) is 7.10. The average molecular weight is 346 g/mol. The molecule has 0 aromatic heterocycles. The molecule has 2 rings (SSSR count). The molecule has 0 aliphatic carbocycles.